The number of nitrogen functional groups attached to an aromatic ring is 1. The first-order chi connectivity index (χ1) is 9.06. The van der Waals surface area contributed by atoms with Gasteiger partial charge in [-0.25, -0.2) is 0 Å². The van der Waals surface area contributed by atoms with Gasteiger partial charge in [0.05, 0.1) is 11.4 Å². The predicted molar refractivity (Wildman–Crippen MR) is 75.3 cm³/mol. The highest BCUT2D eigenvalue weighted by molar-refractivity contribution is 7.21. The maximum absolute atomic E-state index is 12.0. The lowest BCUT2D eigenvalue weighted by Crippen LogP contribution is -2.24. The summed E-state index contributed by atoms with van der Waals surface area (Å²) in [6, 6.07) is 0. The fourth-order valence-electron chi connectivity index (χ4n) is 1.77. The zero-order chi connectivity index (χ0) is 14.0. The van der Waals surface area contributed by atoms with Crippen molar-refractivity contribution in [3.05, 3.63) is 16.1 Å². The lowest BCUT2D eigenvalue weighted by atomic mass is 10.1. The zero-order valence-corrected chi connectivity index (χ0v) is 11.7. The number of hydrogen-bond donors (Lipinski definition) is 3. The molecule has 0 aliphatic rings. The first-order valence-electron chi connectivity index (χ1n) is 5.97. The van der Waals surface area contributed by atoms with E-state index in [-0.39, 0.29) is 12.5 Å². The highest BCUT2D eigenvalue weighted by Crippen LogP contribution is 2.34. The molecule has 7 heteroatoms. The van der Waals surface area contributed by atoms with Gasteiger partial charge in [0.2, 0.25) is 0 Å². The van der Waals surface area contributed by atoms with E-state index in [2.05, 4.69) is 15.5 Å². The Kier molecular flexibility index (Phi) is 3.96. The average Bonchev–Trinajstić information content (AvgIpc) is 2.72. The Bertz CT molecular complexity index is 624. The number of aliphatic hydroxyl groups excluding tert-OH is 1. The molecule has 19 heavy (non-hydrogen) atoms. The molecule has 0 fully saturated rings. The summed E-state index contributed by atoms with van der Waals surface area (Å²) < 4.78 is 0. The summed E-state index contributed by atoms with van der Waals surface area (Å²) >= 11 is 1.24. The van der Waals surface area contributed by atoms with E-state index in [1.54, 1.807) is 0 Å². The fourth-order valence-corrected chi connectivity index (χ4v) is 2.79. The van der Waals surface area contributed by atoms with E-state index in [4.69, 9.17) is 10.8 Å². The van der Waals surface area contributed by atoms with Gasteiger partial charge in [0.25, 0.3) is 5.91 Å². The number of aryl methyl sites for hydroxylation is 2. The van der Waals surface area contributed by atoms with Crippen molar-refractivity contribution in [1.29, 1.82) is 0 Å². The van der Waals surface area contributed by atoms with Crippen molar-refractivity contribution in [1.82, 2.24) is 15.5 Å². The number of rotatable bonds is 4. The van der Waals surface area contributed by atoms with Gasteiger partial charge in [-0.3, -0.25) is 4.79 Å². The van der Waals surface area contributed by atoms with Gasteiger partial charge in [0.1, 0.15) is 9.71 Å². The van der Waals surface area contributed by atoms with Gasteiger partial charge in [-0.15, -0.1) is 16.4 Å². The predicted octanol–water partition coefficient (Wildman–Crippen LogP) is 1.00. The first kappa shape index (κ1) is 13.7. The Labute approximate surface area is 114 Å². The molecule has 102 valence electrons. The average molecular weight is 280 g/mol. The Balaban J connectivity index is 2.37. The molecule has 0 atom stereocenters. The molecule has 0 aromatic carbocycles. The number of aliphatic hydroxyl groups is 1. The molecule has 2 rings (SSSR count). The summed E-state index contributed by atoms with van der Waals surface area (Å²) in [5.41, 5.74) is 8.26. The number of nitrogens with zero attached hydrogens (tertiary/aromatic N) is 2. The van der Waals surface area contributed by atoms with Crippen molar-refractivity contribution >= 4 is 33.1 Å². The Morgan fingerprint density at radius 1 is 1.42 bits per heavy atom. The molecule has 0 aliphatic carbocycles. The van der Waals surface area contributed by atoms with Crippen LogP contribution in [-0.2, 0) is 0 Å². The largest absolute Gasteiger partial charge is 0.397 e. The van der Waals surface area contributed by atoms with Crippen LogP contribution in [0.3, 0.4) is 0 Å². The van der Waals surface area contributed by atoms with Crippen molar-refractivity contribution < 1.29 is 9.90 Å². The molecule has 2 aromatic heterocycles. The van der Waals surface area contributed by atoms with Gasteiger partial charge in [-0.05, 0) is 25.8 Å². The number of carbonyl (C=O) groups is 1. The quantitative estimate of drug-likeness (QED) is 0.725. The van der Waals surface area contributed by atoms with Gasteiger partial charge in [0.15, 0.2) is 0 Å². The number of amides is 1. The molecule has 0 saturated carbocycles. The highest BCUT2D eigenvalue weighted by atomic mass is 32.1. The van der Waals surface area contributed by atoms with Crippen LogP contribution < -0.4 is 11.1 Å². The van der Waals surface area contributed by atoms with E-state index in [1.807, 2.05) is 13.8 Å². The molecule has 0 unspecified atom stereocenters. The van der Waals surface area contributed by atoms with E-state index in [9.17, 15) is 4.79 Å². The van der Waals surface area contributed by atoms with Crippen molar-refractivity contribution in [3.8, 4) is 0 Å². The van der Waals surface area contributed by atoms with Gasteiger partial charge >= 0.3 is 0 Å². The molecule has 0 saturated heterocycles. The van der Waals surface area contributed by atoms with Crippen LogP contribution in [0.25, 0.3) is 10.2 Å². The minimum absolute atomic E-state index is 0.0476. The molecule has 0 aliphatic heterocycles. The fraction of sp³-hybridized carbons (Fsp3) is 0.417. The second-order valence-corrected chi connectivity index (χ2v) is 5.27. The number of fused-ring (bicyclic) bond motifs is 1. The zero-order valence-electron chi connectivity index (χ0n) is 10.9. The van der Waals surface area contributed by atoms with Crippen LogP contribution in [0.5, 0.6) is 0 Å². The van der Waals surface area contributed by atoms with Crippen molar-refractivity contribution in [2.75, 3.05) is 18.9 Å². The van der Waals surface area contributed by atoms with Gasteiger partial charge < -0.3 is 16.2 Å². The first-order valence-corrected chi connectivity index (χ1v) is 6.78. The van der Waals surface area contributed by atoms with Crippen LogP contribution in [0.2, 0.25) is 0 Å². The Morgan fingerprint density at radius 3 is 2.84 bits per heavy atom. The molecule has 0 spiro atoms. The SMILES string of the molecule is Cc1nnc2sc(C(=O)NCCCO)c(N)c2c1C. The summed E-state index contributed by atoms with van der Waals surface area (Å²) in [6.07, 6.45) is 0.522. The maximum atomic E-state index is 12.0. The van der Waals surface area contributed by atoms with E-state index in [0.717, 1.165) is 16.6 Å². The number of carbonyl (C=O) groups excluding carboxylic acids is 1. The molecule has 2 heterocycles. The smallest absolute Gasteiger partial charge is 0.263 e. The number of aromatic nitrogens is 2. The lowest BCUT2D eigenvalue weighted by molar-refractivity contribution is 0.0956. The Morgan fingerprint density at radius 2 is 2.16 bits per heavy atom. The van der Waals surface area contributed by atoms with Gasteiger partial charge in [0, 0.05) is 18.5 Å². The summed E-state index contributed by atoms with van der Waals surface area (Å²) in [7, 11) is 0. The normalized spacial score (nSPS) is 10.9. The van der Waals surface area contributed by atoms with E-state index in [1.165, 1.54) is 11.3 Å². The van der Waals surface area contributed by atoms with Crippen LogP contribution in [0.15, 0.2) is 0 Å². The second kappa shape index (κ2) is 5.50. The minimum Gasteiger partial charge on any atom is -0.397 e. The number of nitrogens with one attached hydrogen (secondary N) is 1. The van der Waals surface area contributed by atoms with E-state index < -0.39 is 0 Å². The lowest BCUT2D eigenvalue weighted by Gasteiger charge is -2.03. The summed E-state index contributed by atoms with van der Waals surface area (Å²) in [5, 5.41) is 20.3. The summed E-state index contributed by atoms with van der Waals surface area (Å²) in [5.74, 6) is -0.231. The standard InChI is InChI=1S/C12H16N4O2S/c1-6-7(2)15-16-12-8(6)9(13)10(19-12)11(18)14-4-3-5-17/h17H,3-5,13H2,1-2H3,(H,14,18). The topological polar surface area (TPSA) is 101 Å². The number of thiophene rings is 1. The van der Waals surface area contributed by atoms with Crippen LogP contribution >= 0.6 is 11.3 Å². The third-order valence-electron chi connectivity index (χ3n) is 2.96. The molecular weight excluding hydrogens is 264 g/mol. The number of nitrogens with two attached hydrogens (primary N) is 1. The summed E-state index contributed by atoms with van der Waals surface area (Å²) in [4.78, 5) is 13.1. The van der Waals surface area contributed by atoms with Crippen molar-refractivity contribution in [3.63, 3.8) is 0 Å². The molecule has 6 nitrogen and oxygen atoms in total. The molecule has 0 bridgehead atoms. The van der Waals surface area contributed by atoms with E-state index >= 15 is 0 Å². The molecular formula is C12H16N4O2S. The van der Waals surface area contributed by atoms with Crippen molar-refractivity contribution in [2.24, 2.45) is 0 Å². The van der Waals surface area contributed by atoms with Crippen LogP contribution in [0, 0.1) is 13.8 Å². The molecule has 0 radical (unpaired) electrons. The Hall–Kier alpha value is -1.73. The van der Waals surface area contributed by atoms with Crippen LogP contribution in [0.4, 0.5) is 5.69 Å². The highest BCUT2D eigenvalue weighted by Gasteiger charge is 2.19. The van der Waals surface area contributed by atoms with Gasteiger partial charge in [-0.1, -0.05) is 0 Å². The van der Waals surface area contributed by atoms with Gasteiger partial charge in [-0.2, -0.15) is 5.10 Å². The number of hydrogen-bond acceptors (Lipinski definition) is 6. The second-order valence-electron chi connectivity index (χ2n) is 4.27. The molecule has 2 aromatic rings. The third kappa shape index (κ3) is 2.52. The van der Waals surface area contributed by atoms with E-state index in [0.29, 0.717) is 28.4 Å². The monoisotopic (exact) mass is 280 g/mol. The summed E-state index contributed by atoms with van der Waals surface area (Å²) in [6.45, 7) is 4.25. The molecule has 4 N–H and O–H groups in total. The third-order valence-corrected chi connectivity index (χ3v) is 4.05. The minimum atomic E-state index is -0.231. The molecule has 1 amide bonds. The van der Waals surface area contributed by atoms with Crippen molar-refractivity contribution in [2.45, 2.75) is 20.3 Å². The van der Waals surface area contributed by atoms with Crippen LogP contribution in [0.1, 0.15) is 27.3 Å². The number of anilines is 1. The van der Waals surface area contributed by atoms with Crippen LogP contribution in [-0.4, -0.2) is 34.4 Å². The maximum Gasteiger partial charge on any atom is 0.263 e.